The maximum absolute atomic E-state index is 12.1. The number of anilines is 1. The zero-order valence-corrected chi connectivity index (χ0v) is 12.4. The van der Waals surface area contributed by atoms with Gasteiger partial charge in [0.1, 0.15) is 6.54 Å². The molecule has 114 valence electrons. The molecule has 0 fully saturated rings. The number of rotatable bonds is 6. The predicted molar refractivity (Wildman–Crippen MR) is 73.0 cm³/mol. The van der Waals surface area contributed by atoms with E-state index in [0.29, 0.717) is 6.54 Å². The second-order valence-corrected chi connectivity index (χ2v) is 5.78. The number of methoxy groups -OCH3 is 1. The number of ether oxygens (including phenoxy) is 1. The van der Waals surface area contributed by atoms with Crippen LogP contribution in [0.25, 0.3) is 0 Å². The van der Waals surface area contributed by atoms with Gasteiger partial charge in [-0.15, -0.1) is 0 Å². The third-order valence-corrected chi connectivity index (χ3v) is 3.92. The molecule has 0 aliphatic rings. The monoisotopic (exact) mass is 313 g/mol. The Hall–Kier alpha value is -2.36. The molecular formula is C11H15N5O4S. The predicted octanol–water partition coefficient (Wildman–Crippen LogP) is 0.0733. The molecule has 0 aliphatic heterocycles. The lowest BCUT2D eigenvalue weighted by molar-refractivity contribution is -0.141. The molecule has 0 spiro atoms. The van der Waals surface area contributed by atoms with Crippen molar-refractivity contribution < 1.29 is 17.9 Å². The molecule has 2 rings (SSSR count). The Morgan fingerprint density at radius 3 is 2.81 bits per heavy atom. The standard InChI is InChI=1S/C11H15N5O4S/c1-3-15-6-10(12-8-15)21(18,19)14-9-4-13-16(5-9)7-11(17)20-2/h4-6,8,14H,3,7H2,1-2H3. The number of aromatic nitrogens is 4. The van der Waals surface area contributed by atoms with E-state index in [9.17, 15) is 13.2 Å². The summed E-state index contributed by atoms with van der Waals surface area (Å²) in [6.45, 7) is 2.41. The summed E-state index contributed by atoms with van der Waals surface area (Å²) >= 11 is 0. The lowest BCUT2D eigenvalue weighted by Gasteiger charge is -2.02. The Morgan fingerprint density at radius 2 is 2.19 bits per heavy atom. The van der Waals surface area contributed by atoms with Gasteiger partial charge in [0, 0.05) is 18.9 Å². The summed E-state index contributed by atoms with van der Waals surface area (Å²) in [6.07, 6.45) is 5.57. The van der Waals surface area contributed by atoms with Crippen LogP contribution in [0.4, 0.5) is 5.69 Å². The van der Waals surface area contributed by atoms with Crippen LogP contribution in [0.2, 0.25) is 0 Å². The van der Waals surface area contributed by atoms with Crippen molar-refractivity contribution in [3.63, 3.8) is 0 Å². The van der Waals surface area contributed by atoms with Crippen molar-refractivity contribution in [1.82, 2.24) is 19.3 Å². The number of hydrogen-bond acceptors (Lipinski definition) is 6. The van der Waals surface area contributed by atoms with Gasteiger partial charge in [-0.05, 0) is 6.92 Å². The number of imidazole rings is 1. The van der Waals surface area contributed by atoms with Crippen molar-refractivity contribution in [2.75, 3.05) is 11.8 Å². The molecule has 0 saturated heterocycles. The summed E-state index contributed by atoms with van der Waals surface area (Å²) in [5.74, 6) is -0.478. The lowest BCUT2D eigenvalue weighted by Crippen LogP contribution is -2.13. The molecule has 10 heteroatoms. The minimum Gasteiger partial charge on any atom is -0.468 e. The molecule has 1 N–H and O–H groups in total. The van der Waals surface area contributed by atoms with Gasteiger partial charge >= 0.3 is 5.97 Å². The molecule has 21 heavy (non-hydrogen) atoms. The Kier molecular flexibility index (Phi) is 4.26. The van der Waals surface area contributed by atoms with Crippen molar-refractivity contribution in [3.8, 4) is 0 Å². The van der Waals surface area contributed by atoms with Gasteiger partial charge in [0.05, 0.1) is 25.3 Å². The molecule has 2 heterocycles. The van der Waals surface area contributed by atoms with E-state index in [4.69, 9.17) is 0 Å². The van der Waals surface area contributed by atoms with Gasteiger partial charge in [0.25, 0.3) is 10.0 Å². The van der Waals surface area contributed by atoms with E-state index in [-0.39, 0.29) is 17.3 Å². The molecule has 0 unspecified atom stereocenters. The van der Waals surface area contributed by atoms with Gasteiger partial charge in [-0.25, -0.2) is 4.98 Å². The van der Waals surface area contributed by atoms with Gasteiger partial charge < -0.3 is 9.30 Å². The average Bonchev–Trinajstić information content (AvgIpc) is 3.07. The lowest BCUT2D eigenvalue weighted by atomic mass is 10.6. The number of aryl methyl sites for hydroxylation is 1. The first-order valence-corrected chi connectivity index (χ1v) is 7.56. The fraction of sp³-hybridized carbons (Fsp3) is 0.364. The van der Waals surface area contributed by atoms with Crippen LogP contribution in [0.5, 0.6) is 0 Å². The van der Waals surface area contributed by atoms with Crippen LogP contribution in [-0.4, -0.2) is 40.8 Å². The molecule has 2 aromatic heterocycles. The summed E-state index contributed by atoms with van der Waals surface area (Å²) in [7, 11) is -2.51. The van der Waals surface area contributed by atoms with Gasteiger partial charge in [-0.2, -0.15) is 13.5 Å². The third kappa shape index (κ3) is 3.60. The highest BCUT2D eigenvalue weighted by molar-refractivity contribution is 7.92. The summed E-state index contributed by atoms with van der Waals surface area (Å²) in [5.41, 5.74) is 0.241. The minimum absolute atomic E-state index is 0.0786. The molecule has 0 amide bonds. The highest BCUT2D eigenvalue weighted by Crippen LogP contribution is 2.13. The first kappa shape index (κ1) is 15.0. The molecule has 0 radical (unpaired) electrons. The van der Waals surface area contributed by atoms with E-state index in [1.54, 1.807) is 4.57 Å². The zero-order chi connectivity index (χ0) is 15.5. The smallest absolute Gasteiger partial charge is 0.327 e. The van der Waals surface area contributed by atoms with E-state index in [1.807, 2.05) is 6.92 Å². The molecule has 0 saturated carbocycles. The maximum atomic E-state index is 12.1. The van der Waals surface area contributed by atoms with E-state index >= 15 is 0 Å². The molecule has 0 aromatic carbocycles. The molecule has 9 nitrogen and oxygen atoms in total. The summed E-state index contributed by atoms with van der Waals surface area (Å²) in [6, 6.07) is 0. The summed E-state index contributed by atoms with van der Waals surface area (Å²) in [5, 5.41) is 3.79. The Labute approximate surface area is 121 Å². The number of nitrogens with zero attached hydrogens (tertiary/aromatic N) is 4. The quantitative estimate of drug-likeness (QED) is 0.756. The maximum Gasteiger partial charge on any atom is 0.327 e. The average molecular weight is 313 g/mol. The largest absolute Gasteiger partial charge is 0.468 e. The molecule has 0 bridgehead atoms. The number of sulfonamides is 1. The Bertz CT molecular complexity index is 733. The fourth-order valence-electron chi connectivity index (χ4n) is 1.56. The number of nitrogens with one attached hydrogen (secondary N) is 1. The van der Waals surface area contributed by atoms with Crippen LogP contribution in [0, 0.1) is 0 Å². The van der Waals surface area contributed by atoms with Gasteiger partial charge in [-0.3, -0.25) is 14.2 Å². The minimum atomic E-state index is -3.77. The number of carbonyl (C=O) groups excluding carboxylic acids is 1. The van der Waals surface area contributed by atoms with Crippen LogP contribution in [0.1, 0.15) is 6.92 Å². The van der Waals surface area contributed by atoms with Gasteiger partial charge in [-0.1, -0.05) is 0 Å². The highest BCUT2D eigenvalue weighted by Gasteiger charge is 2.18. The first-order chi connectivity index (χ1) is 9.94. The SMILES string of the molecule is CCn1cnc(S(=O)(=O)Nc2cnn(CC(=O)OC)c2)c1. The van der Waals surface area contributed by atoms with Crippen molar-refractivity contribution in [3.05, 3.63) is 24.9 Å². The number of esters is 1. The summed E-state index contributed by atoms with van der Waals surface area (Å²) in [4.78, 5) is 14.9. The van der Waals surface area contributed by atoms with Crippen LogP contribution in [-0.2, 0) is 32.6 Å². The zero-order valence-electron chi connectivity index (χ0n) is 11.6. The number of carbonyl (C=O) groups is 1. The number of hydrogen-bond donors (Lipinski definition) is 1. The Morgan fingerprint density at radius 1 is 1.43 bits per heavy atom. The van der Waals surface area contributed by atoms with Gasteiger partial charge in [0.15, 0.2) is 5.03 Å². The molecule has 2 aromatic rings. The van der Waals surface area contributed by atoms with E-state index in [2.05, 4.69) is 19.5 Å². The van der Waals surface area contributed by atoms with Crippen molar-refractivity contribution in [1.29, 1.82) is 0 Å². The molecule has 0 atom stereocenters. The highest BCUT2D eigenvalue weighted by atomic mass is 32.2. The summed E-state index contributed by atoms with van der Waals surface area (Å²) < 4.78 is 34.0. The van der Waals surface area contributed by atoms with Crippen molar-refractivity contribution >= 4 is 21.7 Å². The van der Waals surface area contributed by atoms with Crippen LogP contribution < -0.4 is 4.72 Å². The molecular weight excluding hydrogens is 298 g/mol. The third-order valence-electron chi connectivity index (χ3n) is 2.65. The fourth-order valence-corrected chi connectivity index (χ4v) is 2.54. The van der Waals surface area contributed by atoms with E-state index in [1.165, 1.54) is 36.7 Å². The second kappa shape index (κ2) is 5.95. The van der Waals surface area contributed by atoms with Crippen LogP contribution in [0.15, 0.2) is 29.9 Å². The molecule has 0 aliphatic carbocycles. The van der Waals surface area contributed by atoms with Crippen molar-refractivity contribution in [2.45, 2.75) is 25.0 Å². The second-order valence-electron chi connectivity index (χ2n) is 4.15. The van der Waals surface area contributed by atoms with E-state index in [0.717, 1.165) is 0 Å². The normalized spacial score (nSPS) is 11.3. The van der Waals surface area contributed by atoms with Crippen LogP contribution in [0.3, 0.4) is 0 Å². The topological polar surface area (TPSA) is 108 Å². The van der Waals surface area contributed by atoms with Crippen LogP contribution >= 0.6 is 0 Å². The van der Waals surface area contributed by atoms with E-state index < -0.39 is 16.0 Å². The first-order valence-electron chi connectivity index (χ1n) is 6.08. The Balaban J connectivity index is 2.11. The van der Waals surface area contributed by atoms with Crippen molar-refractivity contribution in [2.24, 2.45) is 0 Å². The van der Waals surface area contributed by atoms with Gasteiger partial charge in [0.2, 0.25) is 0 Å².